The van der Waals surface area contributed by atoms with Gasteiger partial charge in [-0.1, -0.05) is 0 Å². The van der Waals surface area contributed by atoms with Crippen molar-refractivity contribution in [2.75, 3.05) is 6.61 Å². The van der Waals surface area contributed by atoms with Crippen LogP contribution in [0.4, 0.5) is 4.79 Å². The molecule has 0 saturated heterocycles. The largest absolute Gasteiger partial charge is 0.442 e. The second-order valence-corrected chi connectivity index (χ2v) is 5.28. The van der Waals surface area contributed by atoms with Gasteiger partial charge in [0.2, 0.25) is 5.91 Å². The Morgan fingerprint density at radius 3 is 2.33 bits per heavy atom. The molecule has 0 radical (unpaired) electrons. The zero-order valence-electron chi connectivity index (χ0n) is 11.8. The Bertz CT molecular complexity index is 272. The summed E-state index contributed by atoms with van der Waals surface area (Å²) in [5.74, 6) is -0.0223. The third kappa shape index (κ3) is 11.2. The van der Waals surface area contributed by atoms with Gasteiger partial charge in [0.25, 0.3) is 0 Å². The molecule has 6 heteroatoms. The number of nitrogens with one attached hydrogen (secondary N) is 2. The molecule has 0 rings (SSSR count). The van der Waals surface area contributed by atoms with Gasteiger partial charge < -0.3 is 10.1 Å². The van der Waals surface area contributed by atoms with Crippen molar-refractivity contribution >= 4 is 12.0 Å². The van der Waals surface area contributed by atoms with Crippen molar-refractivity contribution < 1.29 is 19.2 Å². The van der Waals surface area contributed by atoms with E-state index in [9.17, 15) is 9.59 Å². The third-order valence-electron chi connectivity index (χ3n) is 1.65. The van der Waals surface area contributed by atoms with Crippen molar-refractivity contribution in [3.63, 3.8) is 0 Å². The molecule has 6 nitrogen and oxygen atoms in total. The number of rotatable bonds is 6. The number of carbonyl (C=O) groups excluding carboxylic acids is 2. The van der Waals surface area contributed by atoms with Gasteiger partial charge in [0, 0.05) is 12.5 Å². The summed E-state index contributed by atoms with van der Waals surface area (Å²) in [7, 11) is 0. The molecule has 0 atom stereocenters. The van der Waals surface area contributed by atoms with Crippen molar-refractivity contribution in [3.05, 3.63) is 0 Å². The lowest BCUT2D eigenvalue weighted by molar-refractivity contribution is -0.122. The smallest absolute Gasteiger partial charge is 0.431 e. The summed E-state index contributed by atoms with van der Waals surface area (Å²) in [5.41, 5.74) is 1.61. The molecule has 0 aromatic heterocycles. The maximum Gasteiger partial charge on any atom is 0.431 e. The van der Waals surface area contributed by atoms with E-state index in [1.165, 1.54) is 0 Å². The van der Waals surface area contributed by atoms with Crippen LogP contribution in [0.2, 0.25) is 0 Å². The summed E-state index contributed by atoms with van der Waals surface area (Å²) >= 11 is 0. The van der Waals surface area contributed by atoms with Crippen molar-refractivity contribution in [1.29, 1.82) is 0 Å². The highest BCUT2D eigenvalue weighted by atomic mass is 16.7. The van der Waals surface area contributed by atoms with Crippen LogP contribution in [0.25, 0.3) is 0 Å². The number of hydrogen-bond acceptors (Lipinski definition) is 4. The monoisotopic (exact) mass is 260 g/mol. The summed E-state index contributed by atoms with van der Waals surface area (Å²) < 4.78 is 4.96. The lowest BCUT2D eigenvalue weighted by Gasteiger charge is -2.19. The molecule has 0 bridgehead atoms. The maximum absolute atomic E-state index is 11.3. The van der Waals surface area contributed by atoms with Crippen molar-refractivity contribution in [2.24, 2.45) is 0 Å². The van der Waals surface area contributed by atoms with E-state index in [2.05, 4.69) is 10.8 Å². The summed E-state index contributed by atoms with van der Waals surface area (Å²) in [4.78, 5) is 27.3. The normalized spacial score (nSPS) is 11.2. The van der Waals surface area contributed by atoms with Crippen LogP contribution >= 0.6 is 0 Å². The SMILES string of the molecule is CC(C)NC(=O)CCCONC(=O)OC(C)(C)C. The fraction of sp³-hybridized carbons (Fsp3) is 0.833. The summed E-state index contributed by atoms with van der Waals surface area (Å²) in [5, 5.41) is 2.77. The van der Waals surface area contributed by atoms with Crippen molar-refractivity contribution in [3.8, 4) is 0 Å². The van der Waals surface area contributed by atoms with E-state index in [4.69, 9.17) is 9.57 Å². The molecule has 2 amide bonds. The molecule has 0 unspecified atom stereocenters. The molecule has 2 N–H and O–H groups in total. The van der Waals surface area contributed by atoms with Crippen LogP contribution in [0, 0.1) is 0 Å². The van der Waals surface area contributed by atoms with Crippen LogP contribution < -0.4 is 10.8 Å². The molecular weight excluding hydrogens is 236 g/mol. The molecule has 0 aliphatic heterocycles. The number of hydrogen-bond donors (Lipinski definition) is 2. The van der Waals surface area contributed by atoms with Gasteiger partial charge in [-0.05, 0) is 41.0 Å². The van der Waals surface area contributed by atoms with Gasteiger partial charge in [0.05, 0.1) is 6.61 Å². The summed E-state index contributed by atoms with van der Waals surface area (Å²) in [6, 6.07) is 0.137. The Balaban J connectivity index is 3.51. The highest BCUT2D eigenvalue weighted by molar-refractivity contribution is 5.76. The van der Waals surface area contributed by atoms with Crippen molar-refractivity contribution in [1.82, 2.24) is 10.8 Å². The molecule has 0 aromatic rings. The first-order valence-corrected chi connectivity index (χ1v) is 6.11. The summed E-state index contributed by atoms with van der Waals surface area (Å²) in [6.45, 7) is 9.37. The second kappa shape index (κ2) is 7.92. The van der Waals surface area contributed by atoms with Gasteiger partial charge in [0.15, 0.2) is 0 Å². The molecule has 0 fully saturated rings. The Morgan fingerprint density at radius 2 is 1.83 bits per heavy atom. The quantitative estimate of drug-likeness (QED) is 0.563. The second-order valence-electron chi connectivity index (χ2n) is 5.28. The standard InChI is InChI=1S/C12H24N2O4/c1-9(2)13-10(15)7-6-8-17-14-11(16)18-12(3,4)5/h9H,6-8H2,1-5H3,(H,13,15)(H,14,16). The molecule has 106 valence electrons. The minimum Gasteiger partial charge on any atom is -0.442 e. The Labute approximate surface area is 108 Å². The maximum atomic E-state index is 11.3. The average molecular weight is 260 g/mol. The first-order chi connectivity index (χ1) is 8.20. The van der Waals surface area contributed by atoms with Crippen LogP contribution in [-0.4, -0.2) is 30.3 Å². The summed E-state index contributed by atoms with van der Waals surface area (Å²) in [6.07, 6.45) is 0.275. The van der Waals surface area contributed by atoms with E-state index in [-0.39, 0.29) is 18.6 Å². The molecule has 0 aliphatic carbocycles. The molecule has 0 saturated carbocycles. The van der Waals surface area contributed by atoms with E-state index in [1.54, 1.807) is 20.8 Å². The predicted octanol–water partition coefficient (Wildman–Crippen LogP) is 1.75. The first kappa shape index (κ1) is 16.7. The number of hydroxylamine groups is 1. The lowest BCUT2D eigenvalue weighted by Crippen LogP contribution is -2.33. The Morgan fingerprint density at radius 1 is 1.22 bits per heavy atom. The van der Waals surface area contributed by atoms with Gasteiger partial charge in [-0.3, -0.25) is 9.63 Å². The number of ether oxygens (including phenoxy) is 1. The first-order valence-electron chi connectivity index (χ1n) is 6.11. The minimum atomic E-state index is -0.630. The Hall–Kier alpha value is -1.30. The molecule has 0 aliphatic rings. The average Bonchev–Trinajstić information content (AvgIpc) is 2.12. The number of amides is 2. The fourth-order valence-corrected chi connectivity index (χ4v) is 1.11. The Kier molecular flexibility index (Phi) is 7.35. The van der Waals surface area contributed by atoms with Gasteiger partial charge in [-0.25, -0.2) is 4.79 Å². The predicted molar refractivity (Wildman–Crippen MR) is 67.8 cm³/mol. The molecular formula is C12H24N2O4. The minimum absolute atomic E-state index is 0.0223. The van der Waals surface area contributed by atoms with Gasteiger partial charge >= 0.3 is 6.09 Å². The van der Waals surface area contributed by atoms with Crippen LogP contribution in [-0.2, 0) is 14.4 Å². The van der Waals surface area contributed by atoms with Gasteiger partial charge in [0.1, 0.15) is 5.60 Å². The van der Waals surface area contributed by atoms with Gasteiger partial charge in [-0.2, -0.15) is 5.48 Å². The van der Waals surface area contributed by atoms with Crippen LogP contribution in [0.3, 0.4) is 0 Å². The lowest BCUT2D eigenvalue weighted by atomic mass is 10.2. The van der Waals surface area contributed by atoms with Gasteiger partial charge in [-0.15, -0.1) is 0 Å². The highest BCUT2D eigenvalue weighted by Gasteiger charge is 2.15. The van der Waals surface area contributed by atoms with E-state index >= 15 is 0 Å². The fourth-order valence-electron chi connectivity index (χ4n) is 1.11. The number of carbonyl (C=O) groups is 2. The highest BCUT2D eigenvalue weighted by Crippen LogP contribution is 2.06. The molecule has 18 heavy (non-hydrogen) atoms. The molecule has 0 aromatic carbocycles. The van der Waals surface area contributed by atoms with Crippen molar-refractivity contribution in [2.45, 2.75) is 59.1 Å². The molecule has 0 spiro atoms. The zero-order valence-corrected chi connectivity index (χ0v) is 11.8. The van der Waals surface area contributed by atoms with E-state index < -0.39 is 11.7 Å². The van der Waals surface area contributed by atoms with E-state index in [0.29, 0.717) is 12.8 Å². The van der Waals surface area contributed by atoms with E-state index in [0.717, 1.165) is 0 Å². The van der Waals surface area contributed by atoms with E-state index in [1.807, 2.05) is 13.8 Å². The zero-order chi connectivity index (χ0) is 14.2. The van der Waals surface area contributed by atoms with Crippen LogP contribution in [0.15, 0.2) is 0 Å². The van der Waals surface area contributed by atoms with Crippen LogP contribution in [0.5, 0.6) is 0 Å². The topological polar surface area (TPSA) is 76.7 Å². The van der Waals surface area contributed by atoms with Crippen LogP contribution in [0.1, 0.15) is 47.5 Å². The third-order valence-corrected chi connectivity index (χ3v) is 1.65. The molecule has 0 heterocycles.